The summed E-state index contributed by atoms with van der Waals surface area (Å²) < 4.78 is 16.7. The van der Waals surface area contributed by atoms with Crippen LogP contribution < -0.4 is 4.74 Å². The van der Waals surface area contributed by atoms with Gasteiger partial charge in [-0.25, -0.2) is 9.59 Å². The molecule has 2 aromatic rings. The second-order valence-corrected chi connectivity index (χ2v) is 6.50. The number of rotatable bonds is 7. The molecule has 1 aliphatic heterocycles. The lowest BCUT2D eigenvalue weighted by atomic mass is 10.1. The van der Waals surface area contributed by atoms with Crippen LogP contribution in [0.2, 0.25) is 5.02 Å². The molecular formula is C20H24ClNO7. The molecule has 0 radical (unpaired) electrons. The molecule has 1 heterocycles. The second kappa shape index (κ2) is 12.2. The fourth-order valence-electron chi connectivity index (χ4n) is 2.66. The molecule has 9 heteroatoms. The van der Waals surface area contributed by atoms with Gasteiger partial charge in [0.25, 0.3) is 0 Å². The molecule has 0 aliphatic carbocycles. The number of halogens is 1. The predicted octanol–water partition coefficient (Wildman–Crippen LogP) is 2.38. The van der Waals surface area contributed by atoms with E-state index in [1.54, 1.807) is 0 Å². The maximum absolute atomic E-state index is 9.10. The molecular weight excluding hydrogens is 402 g/mol. The molecule has 0 atom stereocenters. The molecule has 1 fully saturated rings. The van der Waals surface area contributed by atoms with E-state index in [4.69, 9.17) is 45.6 Å². The van der Waals surface area contributed by atoms with Crippen LogP contribution in [0.1, 0.15) is 0 Å². The smallest absolute Gasteiger partial charge is 0.414 e. The Morgan fingerprint density at radius 3 is 2.38 bits per heavy atom. The van der Waals surface area contributed by atoms with E-state index in [9.17, 15) is 0 Å². The number of fused-ring (bicyclic) bond motifs is 1. The lowest BCUT2D eigenvalue weighted by molar-refractivity contribution is -0.159. The molecule has 3 rings (SSSR count). The zero-order valence-corrected chi connectivity index (χ0v) is 16.6. The first-order valence-corrected chi connectivity index (χ1v) is 9.51. The van der Waals surface area contributed by atoms with Crippen molar-refractivity contribution in [2.24, 2.45) is 0 Å². The molecule has 29 heavy (non-hydrogen) atoms. The highest BCUT2D eigenvalue weighted by molar-refractivity contribution is 6.37. The third kappa shape index (κ3) is 7.86. The third-order valence-corrected chi connectivity index (χ3v) is 4.54. The van der Waals surface area contributed by atoms with E-state index in [2.05, 4.69) is 4.90 Å². The molecule has 158 valence electrons. The minimum Gasteiger partial charge on any atom is -0.490 e. The average molecular weight is 426 g/mol. The molecule has 0 spiro atoms. The maximum atomic E-state index is 9.10. The maximum Gasteiger partial charge on any atom is 0.414 e. The first kappa shape index (κ1) is 22.9. The van der Waals surface area contributed by atoms with Crippen LogP contribution in [0.3, 0.4) is 0 Å². The van der Waals surface area contributed by atoms with Gasteiger partial charge >= 0.3 is 11.9 Å². The van der Waals surface area contributed by atoms with Crippen molar-refractivity contribution in [1.29, 1.82) is 0 Å². The van der Waals surface area contributed by atoms with E-state index in [1.165, 1.54) is 0 Å². The summed E-state index contributed by atoms with van der Waals surface area (Å²) in [5.41, 5.74) is 0. The number of carboxylic acid groups (broad SMARTS) is 2. The van der Waals surface area contributed by atoms with Crippen LogP contribution in [0, 0.1) is 0 Å². The predicted molar refractivity (Wildman–Crippen MR) is 108 cm³/mol. The highest BCUT2D eigenvalue weighted by Crippen LogP contribution is 2.32. The van der Waals surface area contributed by atoms with Crippen molar-refractivity contribution in [2.45, 2.75) is 0 Å². The first-order valence-electron chi connectivity index (χ1n) is 9.13. The fraction of sp³-hybridized carbons (Fsp3) is 0.400. The minimum atomic E-state index is -1.82. The molecule has 0 bridgehead atoms. The van der Waals surface area contributed by atoms with E-state index < -0.39 is 11.9 Å². The van der Waals surface area contributed by atoms with Gasteiger partial charge in [0.2, 0.25) is 0 Å². The van der Waals surface area contributed by atoms with Crippen molar-refractivity contribution in [2.75, 3.05) is 52.7 Å². The van der Waals surface area contributed by atoms with Gasteiger partial charge in [0.15, 0.2) is 0 Å². The van der Waals surface area contributed by atoms with Crippen LogP contribution in [0.4, 0.5) is 0 Å². The zero-order chi connectivity index (χ0) is 21.1. The number of morpholine rings is 1. The number of nitrogens with zero attached hydrogens (tertiary/aromatic N) is 1. The van der Waals surface area contributed by atoms with Crippen LogP contribution in [0.25, 0.3) is 10.8 Å². The number of benzene rings is 2. The Morgan fingerprint density at radius 1 is 1.00 bits per heavy atom. The summed E-state index contributed by atoms with van der Waals surface area (Å²) in [4.78, 5) is 20.6. The quantitative estimate of drug-likeness (QED) is 0.514. The van der Waals surface area contributed by atoms with Gasteiger partial charge in [-0.1, -0.05) is 41.9 Å². The molecule has 0 aromatic heterocycles. The van der Waals surface area contributed by atoms with Gasteiger partial charge in [-0.15, -0.1) is 0 Å². The lowest BCUT2D eigenvalue weighted by Crippen LogP contribution is -2.38. The van der Waals surface area contributed by atoms with Gasteiger partial charge in [0.05, 0.1) is 31.5 Å². The van der Waals surface area contributed by atoms with E-state index in [0.29, 0.717) is 24.0 Å². The fourth-order valence-corrected chi connectivity index (χ4v) is 2.95. The number of hydrogen-bond acceptors (Lipinski definition) is 6. The number of ether oxygens (including phenoxy) is 3. The number of aliphatic carboxylic acids is 2. The largest absolute Gasteiger partial charge is 0.490 e. The number of hydrogen-bond donors (Lipinski definition) is 2. The van der Waals surface area contributed by atoms with Crippen LogP contribution >= 0.6 is 11.6 Å². The summed E-state index contributed by atoms with van der Waals surface area (Å²) in [5, 5.41) is 17.6. The lowest BCUT2D eigenvalue weighted by Gasteiger charge is -2.26. The van der Waals surface area contributed by atoms with E-state index in [-0.39, 0.29) is 0 Å². The summed E-state index contributed by atoms with van der Waals surface area (Å²) in [6.45, 7) is 6.36. The van der Waals surface area contributed by atoms with Gasteiger partial charge in [-0.3, -0.25) is 4.90 Å². The molecule has 1 aliphatic rings. The average Bonchev–Trinajstić information content (AvgIpc) is 2.73. The van der Waals surface area contributed by atoms with Crippen molar-refractivity contribution in [3.8, 4) is 5.75 Å². The Hall–Kier alpha value is -2.39. The summed E-state index contributed by atoms with van der Waals surface area (Å²) >= 11 is 6.40. The van der Waals surface area contributed by atoms with Gasteiger partial charge < -0.3 is 24.4 Å². The van der Waals surface area contributed by atoms with Crippen LogP contribution in [-0.2, 0) is 19.1 Å². The van der Waals surface area contributed by atoms with Crippen molar-refractivity contribution in [3.05, 3.63) is 41.4 Å². The Labute approximate surface area is 173 Å². The SMILES string of the molecule is Clc1c(OCCOCCN2CCOCC2)ccc2ccccc12.O=C(O)C(=O)O. The molecule has 0 unspecified atom stereocenters. The van der Waals surface area contributed by atoms with Crippen LogP contribution in [-0.4, -0.2) is 79.7 Å². The summed E-state index contributed by atoms with van der Waals surface area (Å²) in [6, 6.07) is 12.0. The minimum absolute atomic E-state index is 0.501. The van der Waals surface area contributed by atoms with Gasteiger partial charge in [0, 0.05) is 25.0 Å². The molecule has 0 saturated carbocycles. The molecule has 1 saturated heterocycles. The van der Waals surface area contributed by atoms with Crippen molar-refractivity contribution >= 4 is 34.3 Å². The van der Waals surface area contributed by atoms with Gasteiger partial charge in [0.1, 0.15) is 12.4 Å². The highest BCUT2D eigenvalue weighted by atomic mass is 35.5. The molecule has 0 amide bonds. The van der Waals surface area contributed by atoms with E-state index >= 15 is 0 Å². The topological polar surface area (TPSA) is 106 Å². The Balaban J connectivity index is 0.000000438. The van der Waals surface area contributed by atoms with Crippen LogP contribution in [0.15, 0.2) is 36.4 Å². The molecule has 2 aromatic carbocycles. The first-order chi connectivity index (χ1) is 14.0. The van der Waals surface area contributed by atoms with Crippen molar-refractivity contribution in [3.63, 3.8) is 0 Å². The Kier molecular flexibility index (Phi) is 9.66. The standard InChI is InChI=1S/C18H22ClNO3.C2H2O4/c19-18-16-4-2-1-3-15(16)5-6-17(18)23-14-13-22-12-9-20-7-10-21-11-8-20;3-1(4)2(5)6/h1-6H,7-14H2;(H,3,4)(H,5,6). The summed E-state index contributed by atoms with van der Waals surface area (Å²) in [6.07, 6.45) is 0. The molecule has 8 nitrogen and oxygen atoms in total. The molecule has 2 N–H and O–H groups in total. The van der Waals surface area contributed by atoms with Crippen LogP contribution in [0.5, 0.6) is 5.75 Å². The van der Waals surface area contributed by atoms with E-state index in [0.717, 1.165) is 50.2 Å². The van der Waals surface area contributed by atoms with Gasteiger partial charge in [-0.2, -0.15) is 0 Å². The van der Waals surface area contributed by atoms with Crippen molar-refractivity contribution < 1.29 is 34.0 Å². The monoisotopic (exact) mass is 425 g/mol. The normalized spacial score (nSPS) is 14.1. The number of carbonyl (C=O) groups is 2. The zero-order valence-electron chi connectivity index (χ0n) is 15.9. The Morgan fingerprint density at radius 2 is 1.69 bits per heavy atom. The number of carboxylic acids is 2. The van der Waals surface area contributed by atoms with Gasteiger partial charge in [-0.05, 0) is 11.5 Å². The second-order valence-electron chi connectivity index (χ2n) is 6.12. The Bertz CT molecular complexity index is 797. The highest BCUT2D eigenvalue weighted by Gasteiger charge is 2.09. The third-order valence-electron chi connectivity index (χ3n) is 4.15. The summed E-state index contributed by atoms with van der Waals surface area (Å²) in [5.74, 6) is -2.94. The summed E-state index contributed by atoms with van der Waals surface area (Å²) in [7, 11) is 0. The van der Waals surface area contributed by atoms with Crippen molar-refractivity contribution in [1.82, 2.24) is 4.90 Å². The van der Waals surface area contributed by atoms with E-state index in [1.807, 2.05) is 36.4 Å².